The lowest BCUT2D eigenvalue weighted by atomic mass is 9.90. The van der Waals surface area contributed by atoms with Gasteiger partial charge in [0.2, 0.25) is 5.91 Å². The van der Waals surface area contributed by atoms with Crippen molar-refractivity contribution >= 4 is 11.6 Å². The SMILES string of the molecule is COc1ccc(NC(=O)C2(C)COC(c3ccccc3F)OC2)cc1. The van der Waals surface area contributed by atoms with Crippen molar-refractivity contribution in [3.8, 4) is 5.75 Å². The van der Waals surface area contributed by atoms with Crippen molar-refractivity contribution in [3.63, 3.8) is 0 Å². The summed E-state index contributed by atoms with van der Waals surface area (Å²) >= 11 is 0. The first kappa shape index (κ1) is 17.4. The number of carbonyl (C=O) groups is 1. The van der Waals surface area contributed by atoms with Gasteiger partial charge in [-0.1, -0.05) is 18.2 Å². The number of rotatable bonds is 4. The first-order valence-electron chi connectivity index (χ1n) is 7.95. The van der Waals surface area contributed by atoms with Crippen LogP contribution in [0.3, 0.4) is 0 Å². The molecule has 2 aromatic rings. The number of methoxy groups -OCH3 is 1. The zero-order valence-electron chi connectivity index (χ0n) is 14.1. The highest BCUT2D eigenvalue weighted by atomic mass is 19.1. The molecule has 1 heterocycles. The number of amides is 1. The molecule has 6 heteroatoms. The largest absolute Gasteiger partial charge is 0.497 e. The van der Waals surface area contributed by atoms with Crippen molar-refractivity contribution in [3.05, 3.63) is 59.9 Å². The van der Waals surface area contributed by atoms with E-state index in [0.29, 0.717) is 17.0 Å². The number of hydrogen-bond acceptors (Lipinski definition) is 4. The van der Waals surface area contributed by atoms with Gasteiger partial charge in [0.05, 0.1) is 25.7 Å². The molecule has 3 rings (SSSR count). The maximum absolute atomic E-state index is 13.8. The molecule has 0 aliphatic carbocycles. The molecule has 1 saturated heterocycles. The molecule has 0 atom stereocenters. The highest BCUT2D eigenvalue weighted by molar-refractivity contribution is 5.95. The van der Waals surface area contributed by atoms with Gasteiger partial charge >= 0.3 is 0 Å². The monoisotopic (exact) mass is 345 g/mol. The van der Waals surface area contributed by atoms with E-state index >= 15 is 0 Å². The highest BCUT2D eigenvalue weighted by Gasteiger charge is 2.40. The van der Waals surface area contributed by atoms with E-state index in [9.17, 15) is 9.18 Å². The highest BCUT2D eigenvalue weighted by Crippen LogP contribution is 2.33. The van der Waals surface area contributed by atoms with Crippen LogP contribution in [0.4, 0.5) is 10.1 Å². The number of halogens is 1. The molecule has 1 aliphatic heterocycles. The molecule has 1 amide bonds. The Balaban J connectivity index is 1.63. The van der Waals surface area contributed by atoms with E-state index in [4.69, 9.17) is 14.2 Å². The van der Waals surface area contributed by atoms with E-state index in [1.807, 2.05) is 0 Å². The van der Waals surface area contributed by atoms with Crippen molar-refractivity contribution in [2.24, 2.45) is 5.41 Å². The zero-order valence-corrected chi connectivity index (χ0v) is 14.1. The molecule has 132 valence electrons. The second-order valence-electron chi connectivity index (χ2n) is 6.22. The summed E-state index contributed by atoms with van der Waals surface area (Å²) in [6, 6.07) is 13.3. The number of hydrogen-bond donors (Lipinski definition) is 1. The van der Waals surface area contributed by atoms with E-state index in [2.05, 4.69) is 5.32 Å². The average Bonchev–Trinajstić information content (AvgIpc) is 2.64. The Morgan fingerprint density at radius 3 is 2.40 bits per heavy atom. The quantitative estimate of drug-likeness (QED) is 0.921. The number of nitrogens with one attached hydrogen (secondary N) is 1. The van der Waals surface area contributed by atoms with Crippen molar-refractivity contribution in [2.75, 3.05) is 25.6 Å². The lowest BCUT2D eigenvalue weighted by Gasteiger charge is -2.36. The van der Waals surface area contributed by atoms with Crippen LogP contribution in [0.5, 0.6) is 5.75 Å². The Morgan fingerprint density at radius 2 is 1.80 bits per heavy atom. The summed E-state index contributed by atoms with van der Waals surface area (Å²) in [5.74, 6) is 0.102. The number of anilines is 1. The Hall–Kier alpha value is -2.44. The molecule has 0 radical (unpaired) electrons. The summed E-state index contributed by atoms with van der Waals surface area (Å²) in [4.78, 5) is 12.6. The van der Waals surface area contributed by atoms with Crippen LogP contribution in [-0.2, 0) is 14.3 Å². The first-order chi connectivity index (χ1) is 12.0. The lowest BCUT2D eigenvalue weighted by Crippen LogP contribution is -2.45. The molecular weight excluding hydrogens is 325 g/mol. The smallest absolute Gasteiger partial charge is 0.234 e. The van der Waals surface area contributed by atoms with Crippen LogP contribution in [0.25, 0.3) is 0 Å². The summed E-state index contributed by atoms with van der Waals surface area (Å²) in [7, 11) is 1.58. The normalized spacial score (nSPS) is 23.1. The van der Waals surface area contributed by atoms with Crippen LogP contribution in [0.1, 0.15) is 18.8 Å². The van der Waals surface area contributed by atoms with Gasteiger partial charge in [0.15, 0.2) is 6.29 Å². The van der Waals surface area contributed by atoms with Gasteiger partial charge in [-0.05, 0) is 37.3 Å². The first-order valence-corrected chi connectivity index (χ1v) is 7.95. The van der Waals surface area contributed by atoms with Crippen LogP contribution in [0, 0.1) is 11.2 Å². The Bertz CT molecular complexity index is 739. The van der Waals surface area contributed by atoms with E-state index in [1.165, 1.54) is 6.07 Å². The van der Waals surface area contributed by atoms with Crippen molar-refractivity contribution in [1.29, 1.82) is 0 Å². The Morgan fingerprint density at radius 1 is 1.16 bits per heavy atom. The van der Waals surface area contributed by atoms with Gasteiger partial charge in [0.1, 0.15) is 11.6 Å². The van der Waals surface area contributed by atoms with Gasteiger partial charge in [-0.2, -0.15) is 0 Å². The third kappa shape index (κ3) is 3.81. The van der Waals surface area contributed by atoms with Gasteiger partial charge in [-0.3, -0.25) is 4.79 Å². The zero-order chi connectivity index (χ0) is 17.9. The maximum atomic E-state index is 13.8. The minimum atomic E-state index is -0.859. The van der Waals surface area contributed by atoms with Crippen LogP contribution in [-0.4, -0.2) is 26.2 Å². The van der Waals surface area contributed by atoms with E-state index < -0.39 is 17.5 Å². The summed E-state index contributed by atoms with van der Waals surface area (Å²) < 4.78 is 30.1. The van der Waals surface area contributed by atoms with Gasteiger partial charge in [0.25, 0.3) is 0 Å². The number of carbonyl (C=O) groups excluding carboxylic acids is 1. The molecule has 25 heavy (non-hydrogen) atoms. The number of benzene rings is 2. The van der Waals surface area contributed by atoms with Crippen molar-refractivity contribution < 1.29 is 23.4 Å². The molecule has 0 saturated carbocycles. The molecular formula is C19H20FNO4. The summed E-state index contributed by atoms with van der Waals surface area (Å²) in [5.41, 5.74) is 0.130. The summed E-state index contributed by atoms with van der Waals surface area (Å²) in [5, 5.41) is 2.84. The second-order valence-corrected chi connectivity index (χ2v) is 6.22. The predicted octanol–water partition coefficient (Wildman–Crippen LogP) is 3.52. The molecule has 1 aliphatic rings. The van der Waals surface area contributed by atoms with Crippen molar-refractivity contribution in [1.82, 2.24) is 0 Å². The predicted molar refractivity (Wildman–Crippen MR) is 90.8 cm³/mol. The van der Waals surface area contributed by atoms with E-state index in [1.54, 1.807) is 56.5 Å². The van der Waals surface area contributed by atoms with Gasteiger partial charge in [0, 0.05) is 11.3 Å². The van der Waals surface area contributed by atoms with Crippen molar-refractivity contribution in [2.45, 2.75) is 13.2 Å². The minimum Gasteiger partial charge on any atom is -0.497 e. The summed E-state index contributed by atoms with van der Waals surface area (Å²) in [6.45, 7) is 2.02. The topological polar surface area (TPSA) is 56.8 Å². The fourth-order valence-electron chi connectivity index (χ4n) is 2.54. The number of ether oxygens (including phenoxy) is 3. The molecule has 1 fully saturated rings. The van der Waals surface area contributed by atoms with Gasteiger partial charge in [-0.25, -0.2) is 4.39 Å². The standard InChI is InChI=1S/C19H20FNO4/c1-19(18(22)21-13-7-9-14(23-2)10-8-13)11-24-17(25-12-19)15-5-3-4-6-16(15)20/h3-10,17H,11-12H2,1-2H3,(H,21,22). The van der Waals surface area contributed by atoms with Crippen LogP contribution < -0.4 is 10.1 Å². The third-order valence-electron chi connectivity index (χ3n) is 4.16. The maximum Gasteiger partial charge on any atom is 0.234 e. The van der Waals surface area contributed by atoms with Crippen LogP contribution >= 0.6 is 0 Å². The Labute approximate surface area is 145 Å². The summed E-state index contributed by atoms with van der Waals surface area (Å²) in [6.07, 6.45) is -0.803. The molecule has 5 nitrogen and oxygen atoms in total. The molecule has 2 aromatic carbocycles. The van der Waals surface area contributed by atoms with Gasteiger partial charge in [-0.15, -0.1) is 0 Å². The molecule has 0 aromatic heterocycles. The Kier molecular flexibility index (Phi) is 5.01. The molecule has 0 spiro atoms. The fraction of sp³-hybridized carbons (Fsp3) is 0.316. The third-order valence-corrected chi connectivity index (χ3v) is 4.16. The molecule has 0 bridgehead atoms. The van der Waals surface area contributed by atoms with Gasteiger partial charge < -0.3 is 19.5 Å². The minimum absolute atomic E-state index is 0.133. The molecule has 1 N–H and O–H groups in total. The van der Waals surface area contributed by atoms with E-state index in [0.717, 1.165) is 0 Å². The van der Waals surface area contributed by atoms with E-state index in [-0.39, 0.29) is 19.1 Å². The lowest BCUT2D eigenvalue weighted by molar-refractivity contribution is -0.227. The van der Waals surface area contributed by atoms with Crippen LogP contribution in [0.15, 0.2) is 48.5 Å². The average molecular weight is 345 g/mol. The fourth-order valence-corrected chi connectivity index (χ4v) is 2.54. The van der Waals surface area contributed by atoms with Crippen LogP contribution in [0.2, 0.25) is 0 Å². The molecule has 0 unspecified atom stereocenters. The second kappa shape index (κ2) is 7.21.